The highest BCUT2D eigenvalue weighted by Gasteiger charge is 2.17. The molecule has 0 saturated carbocycles. The molecule has 3 aromatic rings. The molecule has 1 amide bonds. The first-order valence-electron chi connectivity index (χ1n) is 7.65. The van der Waals surface area contributed by atoms with Crippen molar-refractivity contribution >= 4 is 11.6 Å². The molecule has 120 valence electrons. The second kappa shape index (κ2) is 7.37. The molecular formula is C19H17N3O2. The van der Waals surface area contributed by atoms with Gasteiger partial charge in [-0.3, -0.25) is 9.59 Å². The number of benzene rings is 2. The number of carbonyl (C=O) groups is 1. The maximum absolute atomic E-state index is 12.8. The molecule has 5 nitrogen and oxygen atoms in total. The van der Waals surface area contributed by atoms with Crippen LogP contribution in [0.1, 0.15) is 5.56 Å². The van der Waals surface area contributed by atoms with E-state index in [1.54, 1.807) is 11.0 Å². The number of hydrogen-bond acceptors (Lipinski definition) is 3. The summed E-state index contributed by atoms with van der Waals surface area (Å²) in [4.78, 5) is 26.3. The van der Waals surface area contributed by atoms with Gasteiger partial charge in [0.1, 0.15) is 6.54 Å². The van der Waals surface area contributed by atoms with Gasteiger partial charge in [-0.05, 0) is 23.8 Å². The summed E-state index contributed by atoms with van der Waals surface area (Å²) in [5.41, 5.74) is 1.51. The number of nitrogens with zero attached hydrogens (tertiary/aromatic N) is 3. The maximum Gasteiger partial charge on any atom is 0.267 e. The summed E-state index contributed by atoms with van der Waals surface area (Å²) in [6, 6.07) is 22.1. The van der Waals surface area contributed by atoms with Gasteiger partial charge in [0.15, 0.2) is 0 Å². The van der Waals surface area contributed by atoms with E-state index in [2.05, 4.69) is 5.10 Å². The Morgan fingerprint density at radius 3 is 2.25 bits per heavy atom. The van der Waals surface area contributed by atoms with Crippen molar-refractivity contribution in [2.75, 3.05) is 4.90 Å². The van der Waals surface area contributed by atoms with Gasteiger partial charge in [-0.1, -0.05) is 48.5 Å². The van der Waals surface area contributed by atoms with E-state index in [1.165, 1.54) is 16.9 Å². The van der Waals surface area contributed by atoms with Gasteiger partial charge in [-0.25, -0.2) is 4.68 Å². The van der Waals surface area contributed by atoms with Crippen LogP contribution in [-0.2, 0) is 17.9 Å². The van der Waals surface area contributed by atoms with E-state index in [9.17, 15) is 9.59 Å². The van der Waals surface area contributed by atoms with Crippen LogP contribution >= 0.6 is 0 Å². The Morgan fingerprint density at radius 2 is 1.58 bits per heavy atom. The molecule has 1 aromatic heterocycles. The van der Waals surface area contributed by atoms with E-state index in [1.807, 2.05) is 60.7 Å². The molecule has 0 spiro atoms. The Bertz CT molecular complexity index is 860. The SMILES string of the molecule is O=C(Cn1ncccc1=O)N(Cc1ccccc1)c1ccccc1. The van der Waals surface area contributed by atoms with Crippen LogP contribution in [0.25, 0.3) is 0 Å². The van der Waals surface area contributed by atoms with Crippen LogP contribution in [0.2, 0.25) is 0 Å². The number of para-hydroxylation sites is 1. The largest absolute Gasteiger partial charge is 0.306 e. The smallest absolute Gasteiger partial charge is 0.267 e. The highest BCUT2D eigenvalue weighted by atomic mass is 16.2. The molecule has 0 aliphatic heterocycles. The zero-order chi connectivity index (χ0) is 16.8. The molecule has 5 heteroatoms. The molecule has 3 rings (SSSR count). The lowest BCUT2D eigenvalue weighted by Crippen LogP contribution is -2.36. The van der Waals surface area contributed by atoms with Crippen LogP contribution < -0.4 is 10.5 Å². The fraction of sp³-hybridized carbons (Fsp3) is 0.105. The van der Waals surface area contributed by atoms with Gasteiger partial charge in [0.2, 0.25) is 5.91 Å². The van der Waals surface area contributed by atoms with Gasteiger partial charge < -0.3 is 4.90 Å². The Morgan fingerprint density at radius 1 is 0.917 bits per heavy atom. The van der Waals surface area contributed by atoms with Crippen LogP contribution in [0.3, 0.4) is 0 Å². The minimum absolute atomic E-state index is 0.0958. The van der Waals surface area contributed by atoms with E-state index in [-0.39, 0.29) is 18.0 Å². The topological polar surface area (TPSA) is 55.2 Å². The summed E-state index contributed by atoms with van der Waals surface area (Å²) in [5.74, 6) is -0.189. The first-order valence-corrected chi connectivity index (χ1v) is 7.65. The lowest BCUT2D eigenvalue weighted by Gasteiger charge is -2.23. The van der Waals surface area contributed by atoms with Crippen molar-refractivity contribution in [1.29, 1.82) is 0 Å². The number of hydrogen-bond donors (Lipinski definition) is 0. The number of amides is 1. The fourth-order valence-electron chi connectivity index (χ4n) is 2.42. The van der Waals surface area contributed by atoms with Crippen molar-refractivity contribution in [3.63, 3.8) is 0 Å². The summed E-state index contributed by atoms with van der Waals surface area (Å²) in [5, 5.41) is 3.96. The molecule has 0 fully saturated rings. The molecule has 0 N–H and O–H groups in total. The van der Waals surface area contributed by atoms with Crippen LogP contribution in [0.15, 0.2) is 83.8 Å². The number of rotatable bonds is 5. The number of carbonyl (C=O) groups excluding carboxylic acids is 1. The third-order valence-corrected chi connectivity index (χ3v) is 3.62. The van der Waals surface area contributed by atoms with Gasteiger partial charge in [-0.15, -0.1) is 0 Å². The number of anilines is 1. The molecular weight excluding hydrogens is 302 g/mol. The summed E-state index contributed by atoms with van der Waals surface area (Å²) in [7, 11) is 0. The van der Waals surface area contributed by atoms with Crippen molar-refractivity contribution < 1.29 is 4.79 Å². The molecule has 0 radical (unpaired) electrons. The molecule has 1 heterocycles. The van der Waals surface area contributed by atoms with Crippen molar-refractivity contribution in [2.45, 2.75) is 13.1 Å². The molecule has 24 heavy (non-hydrogen) atoms. The Labute approximate surface area is 139 Å². The average Bonchev–Trinajstić information content (AvgIpc) is 2.63. The monoisotopic (exact) mass is 319 g/mol. The minimum Gasteiger partial charge on any atom is -0.306 e. The number of aromatic nitrogens is 2. The Hall–Kier alpha value is -3.21. The van der Waals surface area contributed by atoms with Crippen molar-refractivity contribution in [1.82, 2.24) is 9.78 Å². The van der Waals surface area contributed by atoms with Crippen molar-refractivity contribution in [2.24, 2.45) is 0 Å². The zero-order valence-electron chi connectivity index (χ0n) is 13.1. The van der Waals surface area contributed by atoms with Gasteiger partial charge in [0, 0.05) is 18.0 Å². The average molecular weight is 319 g/mol. The van der Waals surface area contributed by atoms with Gasteiger partial charge in [0.25, 0.3) is 5.56 Å². The van der Waals surface area contributed by atoms with E-state index >= 15 is 0 Å². The maximum atomic E-state index is 12.8. The fourth-order valence-corrected chi connectivity index (χ4v) is 2.42. The summed E-state index contributed by atoms with van der Waals surface area (Å²) >= 11 is 0. The van der Waals surface area contributed by atoms with E-state index in [0.29, 0.717) is 6.54 Å². The molecule has 2 aromatic carbocycles. The first kappa shape index (κ1) is 15.7. The molecule has 0 saturated heterocycles. The summed E-state index contributed by atoms with van der Waals surface area (Å²) in [6.45, 7) is 0.340. The molecule has 0 aliphatic rings. The molecule has 0 aliphatic carbocycles. The van der Waals surface area contributed by atoms with Crippen LogP contribution in [-0.4, -0.2) is 15.7 Å². The van der Waals surface area contributed by atoms with Crippen LogP contribution in [0.4, 0.5) is 5.69 Å². The van der Waals surface area contributed by atoms with Crippen molar-refractivity contribution in [3.05, 3.63) is 94.9 Å². The molecule has 0 unspecified atom stereocenters. The van der Waals surface area contributed by atoms with E-state index in [0.717, 1.165) is 11.3 Å². The second-order valence-corrected chi connectivity index (χ2v) is 5.32. The quantitative estimate of drug-likeness (QED) is 0.726. The highest BCUT2D eigenvalue weighted by Crippen LogP contribution is 2.17. The first-order chi connectivity index (χ1) is 11.7. The lowest BCUT2D eigenvalue weighted by atomic mass is 10.2. The second-order valence-electron chi connectivity index (χ2n) is 5.32. The normalized spacial score (nSPS) is 10.3. The minimum atomic E-state index is -0.293. The Kier molecular flexibility index (Phi) is 4.81. The van der Waals surface area contributed by atoms with Crippen LogP contribution in [0, 0.1) is 0 Å². The Balaban J connectivity index is 1.88. The predicted octanol–water partition coefficient (Wildman–Crippen LogP) is 2.48. The van der Waals surface area contributed by atoms with E-state index < -0.39 is 0 Å². The third-order valence-electron chi connectivity index (χ3n) is 3.62. The highest BCUT2D eigenvalue weighted by molar-refractivity contribution is 5.93. The van der Waals surface area contributed by atoms with Gasteiger partial charge in [-0.2, -0.15) is 5.10 Å². The summed E-state index contributed by atoms with van der Waals surface area (Å²) in [6.07, 6.45) is 1.50. The van der Waals surface area contributed by atoms with Crippen molar-refractivity contribution in [3.8, 4) is 0 Å². The third kappa shape index (κ3) is 3.76. The van der Waals surface area contributed by atoms with Gasteiger partial charge >= 0.3 is 0 Å². The van der Waals surface area contributed by atoms with Crippen LogP contribution in [0.5, 0.6) is 0 Å². The molecule has 0 atom stereocenters. The van der Waals surface area contributed by atoms with E-state index in [4.69, 9.17) is 0 Å². The standard InChI is InChI=1S/C19H17N3O2/c23-18-12-7-13-20-22(18)15-19(24)21(17-10-5-2-6-11-17)14-16-8-3-1-4-9-16/h1-13H,14-15H2. The summed E-state index contributed by atoms with van der Waals surface area (Å²) < 4.78 is 1.17. The lowest BCUT2D eigenvalue weighted by molar-refractivity contribution is -0.119. The molecule has 0 bridgehead atoms. The zero-order valence-corrected chi connectivity index (χ0v) is 13.1. The predicted molar refractivity (Wildman–Crippen MR) is 92.6 cm³/mol. The van der Waals surface area contributed by atoms with Gasteiger partial charge in [0.05, 0.1) is 6.54 Å².